The molecule has 0 bridgehead atoms. The van der Waals surface area contributed by atoms with Gasteiger partial charge in [0.05, 0.1) is 41.9 Å². The predicted molar refractivity (Wildman–Crippen MR) is 142 cm³/mol. The minimum absolute atomic E-state index is 0.125. The van der Waals surface area contributed by atoms with Gasteiger partial charge < -0.3 is 24.9 Å². The molecule has 4 aromatic heterocycles. The van der Waals surface area contributed by atoms with Crippen LogP contribution in [-0.4, -0.2) is 48.6 Å². The van der Waals surface area contributed by atoms with Crippen LogP contribution < -0.4 is 15.8 Å². The van der Waals surface area contributed by atoms with Crippen molar-refractivity contribution in [2.24, 2.45) is 16.6 Å². The fourth-order valence-electron chi connectivity index (χ4n) is 4.56. The first-order valence-electron chi connectivity index (χ1n) is 11.8. The van der Waals surface area contributed by atoms with E-state index in [4.69, 9.17) is 19.6 Å². The number of nitrogens with zero attached hydrogens (tertiary/aromatic N) is 6. The van der Waals surface area contributed by atoms with Crippen molar-refractivity contribution >= 4 is 39.5 Å². The number of ether oxygens (including phenoxy) is 2. The molecule has 0 amide bonds. The van der Waals surface area contributed by atoms with E-state index in [1.54, 1.807) is 25.4 Å². The summed E-state index contributed by atoms with van der Waals surface area (Å²) in [6.45, 7) is 6.48. The first kappa shape index (κ1) is 25.8. The Morgan fingerprint density at radius 2 is 2.03 bits per heavy atom. The molecule has 0 fully saturated rings. The van der Waals surface area contributed by atoms with Gasteiger partial charge in [0.15, 0.2) is 17.6 Å². The van der Waals surface area contributed by atoms with E-state index < -0.39 is 16.2 Å². The van der Waals surface area contributed by atoms with Crippen molar-refractivity contribution < 1.29 is 18.3 Å². The Hall–Kier alpha value is -3.84. The second-order valence-corrected chi connectivity index (χ2v) is 10.9. The SMILES string of the molecule is COC[C@@]1(C)SC(N)=N[C@](C)(c2cc(Nc3nccc4nc(OCc5ncco5)cnc34)cnc2F)C1C. The monoisotopic (exact) mass is 538 g/mol. The molecule has 0 spiro atoms. The number of oxazole rings is 1. The number of anilines is 2. The lowest BCUT2D eigenvalue weighted by atomic mass is 9.74. The summed E-state index contributed by atoms with van der Waals surface area (Å²) in [5.41, 5.74) is 7.12. The summed E-state index contributed by atoms with van der Waals surface area (Å²) in [6, 6.07) is 3.40. The number of halogens is 1. The third-order valence-corrected chi connectivity index (χ3v) is 8.02. The van der Waals surface area contributed by atoms with Crippen molar-refractivity contribution in [1.82, 2.24) is 24.9 Å². The van der Waals surface area contributed by atoms with Gasteiger partial charge >= 0.3 is 0 Å². The number of rotatable bonds is 8. The van der Waals surface area contributed by atoms with Gasteiger partial charge in [-0.05, 0) is 26.0 Å². The Morgan fingerprint density at radius 1 is 1.18 bits per heavy atom. The fourth-order valence-corrected chi connectivity index (χ4v) is 5.86. The number of aliphatic imine (C=N–C) groups is 1. The number of aromatic nitrogens is 5. The summed E-state index contributed by atoms with van der Waals surface area (Å²) in [6.07, 6.45) is 7.49. The highest BCUT2D eigenvalue weighted by atomic mass is 32.2. The molecule has 38 heavy (non-hydrogen) atoms. The Labute approximate surface area is 222 Å². The average molecular weight is 539 g/mol. The number of hydrogen-bond acceptors (Lipinski definition) is 12. The van der Waals surface area contributed by atoms with Crippen LogP contribution in [0.15, 0.2) is 52.6 Å². The smallest absolute Gasteiger partial charge is 0.233 e. The molecule has 13 heteroatoms. The molecule has 198 valence electrons. The van der Waals surface area contributed by atoms with Crippen molar-refractivity contribution in [2.75, 3.05) is 19.0 Å². The number of nitrogens with one attached hydrogen (secondary N) is 1. The average Bonchev–Trinajstić information content (AvgIpc) is 3.41. The molecule has 1 unspecified atom stereocenters. The van der Waals surface area contributed by atoms with E-state index in [-0.39, 0.29) is 12.5 Å². The van der Waals surface area contributed by atoms with E-state index in [0.29, 0.717) is 51.6 Å². The zero-order valence-corrected chi connectivity index (χ0v) is 22.1. The number of hydrogen-bond donors (Lipinski definition) is 2. The molecule has 0 aliphatic carbocycles. The van der Waals surface area contributed by atoms with E-state index in [1.807, 2.05) is 20.8 Å². The van der Waals surface area contributed by atoms with Crippen LogP contribution in [0.1, 0.15) is 32.2 Å². The van der Waals surface area contributed by atoms with Gasteiger partial charge in [-0.3, -0.25) is 4.99 Å². The molecule has 1 aliphatic rings. The molecular weight excluding hydrogens is 511 g/mol. The van der Waals surface area contributed by atoms with Gasteiger partial charge in [0, 0.05) is 29.5 Å². The minimum Gasteiger partial charge on any atom is -0.467 e. The maximum Gasteiger partial charge on any atom is 0.233 e. The van der Waals surface area contributed by atoms with Gasteiger partial charge in [0.2, 0.25) is 17.7 Å². The van der Waals surface area contributed by atoms with E-state index >= 15 is 4.39 Å². The quantitative estimate of drug-likeness (QED) is 0.311. The summed E-state index contributed by atoms with van der Waals surface area (Å²) < 4.78 is 31.0. The van der Waals surface area contributed by atoms with E-state index in [9.17, 15) is 0 Å². The number of amidine groups is 1. The maximum atomic E-state index is 15.2. The minimum atomic E-state index is -0.974. The molecule has 5 rings (SSSR count). The number of methoxy groups -OCH3 is 1. The number of thioether (sulfide) groups is 1. The fraction of sp³-hybridized carbons (Fsp3) is 0.360. The van der Waals surface area contributed by atoms with Crippen LogP contribution in [0.5, 0.6) is 5.88 Å². The molecule has 4 aromatic rings. The van der Waals surface area contributed by atoms with E-state index in [2.05, 4.69) is 35.2 Å². The highest BCUT2D eigenvalue weighted by Crippen LogP contribution is 2.50. The lowest BCUT2D eigenvalue weighted by Gasteiger charge is -2.47. The van der Waals surface area contributed by atoms with Gasteiger partial charge in [-0.1, -0.05) is 18.7 Å². The number of fused-ring (bicyclic) bond motifs is 1. The van der Waals surface area contributed by atoms with Crippen molar-refractivity contribution in [3.63, 3.8) is 0 Å². The van der Waals surface area contributed by atoms with Crippen LogP contribution in [0.25, 0.3) is 11.0 Å². The molecule has 11 nitrogen and oxygen atoms in total. The molecule has 3 atom stereocenters. The van der Waals surface area contributed by atoms with Crippen LogP contribution in [0.4, 0.5) is 15.9 Å². The molecule has 1 aliphatic heterocycles. The highest BCUT2D eigenvalue weighted by molar-refractivity contribution is 8.15. The van der Waals surface area contributed by atoms with Gasteiger partial charge in [0.25, 0.3) is 0 Å². The lowest BCUT2D eigenvalue weighted by Crippen LogP contribution is -2.50. The summed E-state index contributed by atoms with van der Waals surface area (Å²) in [5, 5.41) is 3.57. The molecule has 0 saturated carbocycles. The number of nitrogens with two attached hydrogens (primary N) is 1. The lowest BCUT2D eigenvalue weighted by molar-refractivity contribution is 0.124. The molecule has 0 saturated heterocycles. The molecular formula is C25H27FN8O3S. The summed E-state index contributed by atoms with van der Waals surface area (Å²) in [5.74, 6) is 0.419. The second kappa shape index (κ2) is 10.1. The molecule has 3 N–H and O–H groups in total. The van der Waals surface area contributed by atoms with Gasteiger partial charge in [0.1, 0.15) is 11.8 Å². The van der Waals surface area contributed by atoms with Crippen LogP contribution in [0.3, 0.4) is 0 Å². The Bertz CT molecular complexity index is 1490. The molecule has 0 radical (unpaired) electrons. The second-order valence-electron chi connectivity index (χ2n) is 9.30. The van der Waals surface area contributed by atoms with Crippen molar-refractivity contribution in [1.29, 1.82) is 0 Å². The third-order valence-electron chi connectivity index (χ3n) is 6.78. The van der Waals surface area contributed by atoms with Crippen LogP contribution in [0, 0.1) is 11.9 Å². The third kappa shape index (κ3) is 4.86. The number of pyridine rings is 2. The summed E-state index contributed by atoms with van der Waals surface area (Å²) in [7, 11) is 1.63. The summed E-state index contributed by atoms with van der Waals surface area (Å²) in [4.78, 5) is 26.1. The van der Waals surface area contributed by atoms with Crippen LogP contribution in [-0.2, 0) is 16.9 Å². The van der Waals surface area contributed by atoms with Crippen LogP contribution >= 0.6 is 11.8 Å². The normalized spacial score (nSPS) is 23.3. The topological polar surface area (TPSA) is 146 Å². The first-order valence-corrected chi connectivity index (χ1v) is 12.6. The standard InChI is InChI=1S/C25H27FN8O3S/c1-14-24(2,13-35-4)38-23(27)34-25(14,3)16-9-15(10-31-21(16)26)32-22-20-17(5-6-29-22)33-18(11-30-20)37-12-19-28-7-8-36-19/h5-11,14H,12-13H2,1-4H3,(H2,27,34)(H,29,32)/t14?,24-,25+/m1/s1. The highest BCUT2D eigenvalue weighted by Gasteiger charge is 2.50. The Kier molecular flexibility index (Phi) is 6.88. The van der Waals surface area contributed by atoms with Crippen molar-refractivity contribution in [2.45, 2.75) is 37.7 Å². The predicted octanol–water partition coefficient (Wildman–Crippen LogP) is 4.19. The van der Waals surface area contributed by atoms with Crippen molar-refractivity contribution in [3.8, 4) is 5.88 Å². The Balaban J connectivity index is 1.44. The Morgan fingerprint density at radius 3 is 2.79 bits per heavy atom. The largest absolute Gasteiger partial charge is 0.467 e. The van der Waals surface area contributed by atoms with Crippen LogP contribution in [0.2, 0.25) is 0 Å². The van der Waals surface area contributed by atoms with Gasteiger partial charge in [-0.2, -0.15) is 4.39 Å². The zero-order chi connectivity index (χ0) is 26.9. The zero-order valence-electron chi connectivity index (χ0n) is 21.3. The van der Waals surface area contributed by atoms with Crippen molar-refractivity contribution in [3.05, 3.63) is 60.6 Å². The van der Waals surface area contributed by atoms with E-state index in [1.165, 1.54) is 36.6 Å². The van der Waals surface area contributed by atoms with E-state index in [0.717, 1.165) is 0 Å². The van der Waals surface area contributed by atoms with Gasteiger partial charge in [-0.25, -0.2) is 24.9 Å². The summed E-state index contributed by atoms with van der Waals surface area (Å²) >= 11 is 1.44. The maximum absolute atomic E-state index is 15.2. The first-order chi connectivity index (χ1) is 18.2. The van der Waals surface area contributed by atoms with Gasteiger partial charge in [-0.15, -0.1) is 0 Å². The molecule has 0 aromatic carbocycles. The molecule has 5 heterocycles.